The smallest absolute Gasteiger partial charge is 0.00424 e. The standard InChI is InChI=1S/C18H14.C8H10.C2H6/c1-2-6-13(7-3-1)15-10-5-11-17-16-9-4-8-14(16)12-18(15)17;1-7-3-5-8(2)6-4-7;1-2/h1-7,9-11H,8,12H2;3-6H,1-2H3;1-2H3. The van der Waals surface area contributed by atoms with Gasteiger partial charge in [-0.25, -0.2) is 0 Å². The maximum absolute atomic E-state index is 2.29. The lowest BCUT2D eigenvalue weighted by molar-refractivity contribution is 1.12. The van der Waals surface area contributed by atoms with Crippen molar-refractivity contribution in [2.75, 3.05) is 0 Å². The molecule has 0 aliphatic heterocycles. The molecular weight excluding hydrogens is 336 g/mol. The van der Waals surface area contributed by atoms with Crippen LogP contribution in [0, 0.1) is 13.8 Å². The summed E-state index contributed by atoms with van der Waals surface area (Å²) < 4.78 is 0. The predicted octanol–water partition coefficient (Wildman–Crippen LogP) is 7.95. The van der Waals surface area contributed by atoms with Crippen molar-refractivity contribution in [3.05, 3.63) is 113 Å². The molecule has 0 bridgehead atoms. The summed E-state index contributed by atoms with van der Waals surface area (Å²) in [6.45, 7) is 8.19. The fraction of sp³-hybridized carbons (Fsp3) is 0.214. The molecule has 2 aliphatic rings. The van der Waals surface area contributed by atoms with Crippen molar-refractivity contribution >= 4 is 5.57 Å². The van der Waals surface area contributed by atoms with Gasteiger partial charge in [0.15, 0.2) is 0 Å². The maximum atomic E-state index is 2.29. The van der Waals surface area contributed by atoms with Crippen LogP contribution in [0.15, 0.2) is 90.5 Å². The molecule has 0 fully saturated rings. The second kappa shape index (κ2) is 9.37. The number of rotatable bonds is 1. The topological polar surface area (TPSA) is 0 Å². The molecular formula is C28H30. The summed E-state index contributed by atoms with van der Waals surface area (Å²) in [7, 11) is 0. The monoisotopic (exact) mass is 366 g/mol. The van der Waals surface area contributed by atoms with Crippen LogP contribution in [0.4, 0.5) is 0 Å². The first kappa shape index (κ1) is 19.9. The molecule has 0 spiro atoms. The molecule has 0 heterocycles. The van der Waals surface area contributed by atoms with Gasteiger partial charge < -0.3 is 0 Å². The number of fused-ring (bicyclic) bond motifs is 2. The van der Waals surface area contributed by atoms with Crippen LogP contribution in [0.25, 0.3) is 16.7 Å². The SMILES string of the molecule is C1=CC2=C(C1)Cc1c2cccc1-c1ccccc1.CC.Cc1ccc(C)cc1. The van der Waals surface area contributed by atoms with E-state index in [0.717, 1.165) is 12.8 Å². The summed E-state index contributed by atoms with van der Waals surface area (Å²) >= 11 is 0. The van der Waals surface area contributed by atoms with Crippen molar-refractivity contribution in [1.29, 1.82) is 0 Å². The molecule has 0 heteroatoms. The second-order valence-electron chi connectivity index (χ2n) is 7.15. The molecule has 0 atom stereocenters. The highest BCUT2D eigenvalue weighted by atomic mass is 14.3. The lowest BCUT2D eigenvalue weighted by Gasteiger charge is -2.10. The van der Waals surface area contributed by atoms with Gasteiger partial charge in [0, 0.05) is 0 Å². The van der Waals surface area contributed by atoms with Gasteiger partial charge >= 0.3 is 0 Å². The fourth-order valence-electron chi connectivity index (χ4n) is 3.76. The normalized spacial score (nSPS) is 13.1. The highest BCUT2D eigenvalue weighted by molar-refractivity contribution is 5.89. The second-order valence-corrected chi connectivity index (χ2v) is 7.15. The largest absolute Gasteiger partial charge is 0.0798 e. The van der Waals surface area contributed by atoms with Gasteiger partial charge in [-0.1, -0.05) is 115 Å². The van der Waals surface area contributed by atoms with Crippen molar-refractivity contribution in [1.82, 2.24) is 0 Å². The Bertz CT molecular complexity index is 949. The summed E-state index contributed by atoms with van der Waals surface area (Å²) in [4.78, 5) is 0. The zero-order valence-electron chi connectivity index (χ0n) is 17.5. The van der Waals surface area contributed by atoms with E-state index in [1.807, 2.05) is 13.8 Å². The Hall–Kier alpha value is -2.86. The molecule has 0 radical (unpaired) electrons. The number of aryl methyl sites for hydroxylation is 2. The van der Waals surface area contributed by atoms with Gasteiger partial charge in [-0.3, -0.25) is 0 Å². The molecule has 3 aromatic carbocycles. The van der Waals surface area contributed by atoms with E-state index < -0.39 is 0 Å². The van der Waals surface area contributed by atoms with Crippen molar-refractivity contribution in [3.63, 3.8) is 0 Å². The predicted molar refractivity (Wildman–Crippen MR) is 124 cm³/mol. The van der Waals surface area contributed by atoms with E-state index in [1.165, 1.54) is 39.0 Å². The lowest BCUT2D eigenvalue weighted by atomic mass is 9.94. The molecule has 0 saturated heterocycles. The Balaban J connectivity index is 0.000000190. The average molecular weight is 367 g/mol. The number of allylic oxidation sites excluding steroid dienone is 4. The van der Waals surface area contributed by atoms with E-state index >= 15 is 0 Å². The summed E-state index contributed by atoms with van der Waals surface area (Å²) in [6.07, 6.45) is 6.83. The van der Waals surface area contributed by atoms with Crippen LogP contribution < -0.4 is 0 Å². The van der Waals surface area contributed by atoms with Crippen molar-refractivity contribution in [2.45, 2.75) is 40.5 Å². The van der Waals surface area contributed by atoms with Crippen LogP contribution >= 0.6 is 0 Å². The van der Waals surface area contributed by atoms with Crippen molar-refractivity contribution < 1.29 is 0 Å². The molecule has 5 rings (SSSR count). The van der Waals surface area contributed by atoms with E-state index in [0.29, 0.717) is 0 Å². The highest BCUT2D eigenvalue weighted by Gasteiger charge is 2.24. The van der Waals surface area contributed by atoms with E-state index in [-0.39, 0.29) is 0 Å². The Kier molecular flexibility index (Phi) is 6.66. The minimum Gasteiger partial charge on any atom is -0.0798 e. The molecule has 0 aromatic heterocycles. The molecule has 0 saturated carbocycles. The Morgan fingerprint density at radius 2 is 1.25 bits per heavy atom. The van der Waals surface area contributed by atoms with Gasteiger partial charge in [0.25, 0.3) is 0 Å². The summed E-state index contributed by atoms with van der Waals surface area (Å²) in [6, 6.07) is 25.9. The molecule has 0 unspecified atom stereocenters. The Morgan fingerprint density at radius 1 is 0.643 bits per heavy atom. The maximum Gasteiger partial charge on any atom is -0.00424 e. The van der Waals surface area contributed by atoms with Crippen molar-refractivity contribution in [2.24, 2.45) is 0 Å². The lowest BCUT2D eigenvalue weighted by Crippen LogP contribution is -1.90. The minimum atomic E-state index is 1.13. The molecule has 28 heavy (non-hydrogen) atoms. The van der Waals surface area contributed by atoms with Crippen LogP contribution in [0.2, 0.25) is 0 Å². The van der Waals surface area contributed by atoms with Crippen molar-refractivity contribution in [3.8, 4) is 11.1 Å². The van der Waals surface area contributed by atoms with Crippen LogP contribution in [-0.2, 0) is 6.42 Å². The van der Waals surface area contributed by atoms with Crippen LogP contribution in [-0.4, -0.2) is 0 Å². The van der Waals surface area contributed by atoms with Gasteiger partial charge in [0.05, 0.1) is 0 Å². The quantitative estimate of drug-likeness (QED) is 0.410. The summed E-state index contributed by atoms with van der Waals surface area (Å²) in [5, 5.41) is 0. The first-order valence-corrected chi connectivity index (χ1v) is 10.3. The zero-order chi connectivity index (χ0) is 19.9. The van der Waals surface area contributed by atoms with Gasteiger partial charge in [-0.05, 0) is 54.5 Å². The van der Waals surface area contributed by atoms with Crippen LogP contribution in [0.3, 0.4) is 0 Å². The number of benzene rings is 3. The fourth-order valence-corrected chi connectivity index (χ4v) is 3.76. The van der Waals surface area contributed by atoms with E-state index in [9.17, 15) is 0 Å². The zero-order valence-corrected chi connectivity index (χ0v) is 17.5. The first-order chi connectivity index (χ1) is 13.7. The highest BCUT2D eigenvalue weighted by Crippen LogP contribution is 2.42. The molecule has 142 valence electrons. The van der Waals surface area contributed by atoms with Crippen LogP contribution in [0.1, 0.15) is 42.5 Å². The Morgan fingerprint density at radius 3 is 1.89 bits per heavy atom. The van der Waals surface area contributed by atoms with E-state index in [2.05, 4.69) is 98.8 Å². The third-order valence-corrected chi connectivity index (χ3v) is 5.19. The van der Waals surface area contributed by atoms with Gasteiger partial charge in [-0.15, -0.1) is 0 Å². The summed E-state index contributed by atoms with van der Waals surface area (Å²) in [5.74, 6) is 0. The first-order valence-electron chi connectivity index (χ1n) is 10.3. The average Bonchev–Trinajstić information content (AvgIpc) is 3.34. The number of hydrogen-bond acceptors (Lipinski definition) is 0. The van der Waals surface area contributed by atoms with Gasteiger partial charge in [0.1, 0.15) is 0 Å². The number of hydrogen-bond donors (Lipinski definition) is 0. The molecule has 0 amide bonds. The minimum absolute atomic E-state index is 1.13. The Labute approximate surface area is 170 Å². The van der Waals surface area contributed by atoms with E-state index in [4.69, 9.17) is 0 Å². The third kappa shape index (κ3) is 4.34. The van der Waals surface area contributed by atoms with Gasteiger partial charge in [0.2, 0.25) is 0 Å². The molecule has 2 aliphatic carbocycles. The van der Waals surface area contributed by atoms with Crippen LogP contribution in [0.5, 0.6) is 0 Å². The third-order valence-electron chi connectivity index (χ3n) is 5.19. The molecule has 3 aromatic rings. The van der Waals surface area contributed by atoms with E-state index in [1.54, 1.807) is 5.57 Å². The molecule has 0 N–H and O–H groups in total. The molecule has 0 nitrogen and oxygen atoms in total. The van der Waals surface area contributed by atoms with Gasteiger partial charge in [-0.2, -0.15) is 0 Å². The summed E-state index contributed by atoms with van der Waals surface area (Å²) in [5.41, 5.74) is 11.4.